The Balaban J connectivity index is 2.28. The molecule has 2 nitrogen and oxygen atoms in total. The van der Waals surface area contributed by atoms with Crippen LogP contribution < -0.4 is 5.32 Å². The Labute approximate surface area is 119 Å². The molecule has 0 aromatic heterocycles. The van der Waals surface area contributed by atoms with Gasteiger partial charge >= 0.3 is 0 Å². The second-order valence-electron chi connectivity index (χ2n) is 4.43. The zero-order valence-corrected chi connectivity index (χ0v) is 12.2. The molecule has 0 fully saturated rings. The third-order valence-electron chi connectivity index (χ3n) is 2.68. The summed E-state index contributed by atoms with van der Waals surface area (Å²) >= 11 is 3.09. The topological polar surface area (TPSA) is 29.1 Å². The summed E-state index contributed by atoms with van der Waals surface area (Å²) in [5.41, 5.74) is 3.11. The maximum atomic E-state index is 13.4. The first-order valence-electron chi connectivity index (χ1n) is 5.81. The van der Waals surface area contributed by atoms with Crippen molar-refractivity contribution in [1.29, 1.82) is 0 Å². The number of rotatable bonds is 2. The summed E-state index contributed by atoms with van der Waals surface area (Å²) in [4.78, 5) is 12.1. The van der Waals surface area contributed by atoms with E-state index < -0.39 is 5.82 Å². The highest BCUT2D eigenvalue weighted by Gasteiger charge is 2.13. The summed E-state index contributed by atoms with van der Waals surface area (Å²) in [5, 5.41) is 2.77. The predicted molar refractivity (Wildman–Crippen MR) is 78.0 cm³/mol. The fraction of sp³-hybridized carbons (Fsp3) is 0.133. The third-order valence-corrected chi connectivity index (χ3v) is 3.48. The molecule has 1 N–H and O–H groups in total. The normalized spacial score (nSPS) is 10.3. The van der Waals surface area contributed by atoms with Crippen LogP contribution in [0, 0.1) is 19.7 Å². The molecule has 2 aromatic carbocycles. The third kappa shape index (κ3) is 3.20. The van der Waals surface area contributed by atoms with E-state index in [1.807, 2.05) is 32.0 Å². The van der Waals surface area contributed by atoms with Gasteiger partial charge in [0.05, 0.1) is 10.0 Å². The number of carbonyl (C=O) groups is 1. The largest absolute Gasteiger partial charge is 0.322 e. The van der Waals surface area contributed by atoms with Crippen LogP contribution in [0.1, 0.15) is 21.5 Å². The fourth-order valence-corrected chi connectivity index (χ4v) is 2.37. The van der Waals surface area contributed by atoms with Crippen molar-refractivity contribution in [1.82, 2.24) is 0 Å². The molecule has 0 atom stereocenters. The van der Waals surface area contributed by atoms with Crippen molar-refractivity contribution in [3.63, 3.8) is 0 Å². The second kappa shape index (κ2) is 5.53. The van der Waals surface area contributed by atoms with E-state index in [-0.39, 0.29) is 15.9 Å². The van der Waals surface area contributed by atoms with Crippen LogP contribution in [0.4, 0.5) is 10.1 Å². The van der Waals surface area contributed by atoms with Gasteiger partial charge in [0.15, 0.2) is 0 Å². The maximum Gasteiger partial charge on any atom is 0.256 e. The molecule has 2 aromatic rings. The number of anilines is 1. The van der Waals surface area contributed by atoms with Crippen LogP contribution in [0.5, 0.6) is 0 Å². The van der Waals surface area contributed by atoms with Gasteiger partial charge in [0, 0.05) is 5.69 Å². The Morgan fingerprint density at radius 1 is 1.16 bits per heavy atom. The molecular weight excluding hydrogens is 309 g/mol. The molecular formula is C15H13BrFNO. The number of halogens is 2. The summed E-state index contributed by atoms with van der Waals surface area (Å²) in [5.74, 6) is -0.788. The monoisotopic (exact) mass is 321 g/mol. The lowest BCUT2D eigenvalue weighted by Gasteiger charge is -2.09. The Morgan fingerprint density at radius 3 is 2.42 bits per heavy atom. The zero-order valence-electron chi connectivity index (χ0n) is 10.6. The molecule has 98 valence electrons. The molecule has 0 unspecified atom stereocenters. The van der Waals surface area contributed by atoms with E-state index in [1.54, 1.807) is 6.07 Å². The average Bonchev–Trinajstić information content (AvgIpc) is 2.31. The van der Waals surface area contributed by atoms with Crippen LogP contribution in [0.3, 0.4) is 0 Å². The summed E-state index contributed by atoms with van der Waals surface area (Å²) in [6.45, 7) is 3.92. The summed E-state index contributed by atoms with van der Waals surface area (Å²) in [6, 6.07) is 10.2. The molecule has 0 heterocycles. The van der Waals surface area contributed by atoms with Gasteiger partial charge in [0.1, 0.15) is 5.82 Å². The minimum atomic E-state index is -0.451. The van der Waals surface area contributed by atoms with Crippen molar-refractivity contribution in [3.05, 3.63) is 63.4 Å². The lowest BCUT2D eigenvalue weighted by Crippen LogP contribution is -2.13. The van der Waals surface area contributed by atoms with Crippen LogP contribution in [0.15, 0.2) is 40.9 Å². The number of aryl methyl sites for hydroxylation is 2. The molecule has 0 saturated carbocycles. The van der Waals surface area contributed by atoms with Gasteiger partial charge in [-0.15, -0.1) is 0 Å². The van der Waals surface area contributed by atoms with Crippen LogP contribution in [-0.2, 0) is 0 Å². The van der Waals surface area contributed by atoms with E-state index in [2.05, 4.69) is 21.2 Å². The van der Waals surface area contributed by atoms with E-state index in [1.165, 1.54) is 12.1 Å². The lowest BCUT2D eigenvalue weighted by molar-refractivity contribution is 0.102. The Bertz CT molecular complexity index is 620. The smallest absolute Gasteiger partial charge is 0.256 e. The molecule has 19 heavy (non-hydrogen) atoms. The number of hydrogen-bond acceptors (Lipinski definition) is 1. The van der Waals surface area contributed by atoms with E-state index in [0.717, 1.165) is 11.1 Å². The molecule has 0 saturated heterocycles. The van der Waals surface area contributed by atoms with Gasteiger partial charge in [-0.3, -0.25) is 4.79 Å². The second-order valence-corrected chi connectivity index (χ2v) is 5.22. The Morgan fingerprint density at radius 2 is 1.79 bits per heavy atom. The van der Waals surface area contributed by atoms with Crippen LogP contribution in [-0.4, -0.2) is 5.91 Å². The lowest BCUT2D eigenvalue weighted by atomic mass is 10.1. The Hall–Kier alpha value is -1.68. The predicted octanol–water partition coefficient (Wildman–Crippen LogP) is 4.46. The average molecular weight is 322 g/mol. The molecule has 0 radical (unpaired) electrons. The molecule has 0 bridgehead atoms. The molecule has 2 rings (SSSR count). The standard InChI is InChI=1S/C15H13BrFNO/c1-9-6-10(2)8-11(7-9)18-15(19)12-4-3-5-13(17)14(12)16/h3-8H,1-2H3,(H,18,19). The highest BCUT2D eigenvalue weighted by molar-refractivity contribution is 9.10. The van der Waals surface area contributed by atoms with E-state index in [0.29, 0.717) is 5.69 Å². The van der Waals surface area contributed by atoms with E-state index in [9.17, 15) is 9.18 Å². The van der Waals surface area contributed by atoms with Crippen LogP contribution in [0.2, 0.25) is 0 Å². The Kier molecular flexibility index (Phi) is 4.00. The van der Waals surface area contributed by atoms with Crippen molar-refractivity contribution in [2.75, 3.05) is 5.32 Å². The van der Waals surface area contributed by atoms with Gasteiger partial charge in [-0.1, -0.05) is 12.1 Å². The fourth-order valence-electron chi connectivity index (χ4n) is 1.92. The van der Waals surface area contributed by atoms with Crippen LogP contribution >= 0.6 is 15.9 Å². The molecule has 1 amide bonds. The molecule has 0 aliphatic carbocycles. The van der Waals surface area contributed by atoms with Crippen molar-refractivity contribution in [3.8, 4) is 0 Å². The number of carbonyl (C=O) groups excluding carboxylic acids is 1. The van der Waals surface area contributed by atoms with Crippen molar-refractivity contribution in [2.24, 2.45) is 0 Å². The summed E-state index contributed by atoms with van der Waals surface area (Å²) in [7, 11) is 0. The summed E-state index contributed by atoms with van der Waals surface area (Å²) in [6.07, 6.45) is 0. The minimum Gasteiger partial charge on any atom is -0.322 e. The number of amides is 1. The van der Waals surface area contributed by atoms with E-state index >= 15 is 0 Å². The van der Waals surface area contributed by atoms with Gasteiger partial charge in [0.25, 0.3) is 5.91 Å². The highest BCUT2D eigenvalue weighted by Crippen LogP contribution is 2.22. The van der Waals surface area contributed by atoms with Crippen molar-refractivity contribution < 1.29 is 9.18 Å². The molecule has 4 heteroatoms. The number of hydrogen-bond donors (Lipinski definition) is 1. The summed E-state index contributed by atoms with van der Waals surface area (Å²) < 4.78 is 13.6. The minimum absolute atomic E-state index is 0.178. The van der Waals surface area contributed by atoms with Gasteiger partial charge in [-0.25, -0.2) is 4.39 Å². The highest BCUT2D eigenvalue weighted by atomic mass is 79.9. The van der Waals surface area contributed by atoms with Gasteiger partial charge in [-0.05, 0) is 65.2 Å². The molecule has 0 spiro atoms. The first kappa shape index (κ1) is 13.7. The van der Waals surface area contributed by atoms with Gasteiger partial charge < -0.3 is 5.32 Å². The first-order chi connectivity index (χ1) is 8.97. The van der Waals surface area contributed by atoms with Gasteiger partial charge in [0.2, 0.25) is 0 Å². The maximum absolute atomic E-state index is 13.4. The van der Waals surface area contributed by atoms with Gasteiger partial charge in [-0.2, -0.15) is 0 Å². The number of nitrogens with one attached hydrogen (secondary N) is 1. The first-order valence-corrected chi connectivity index (χ1v) is 6.60. The van der Waals surface area contributed by atoms with Crippen molar-refractivity contribution >= 4 is 27.5 Å². The molecule has 0 aliphatic rings. The van der Waals surface area contributed by atoms with Crippen molar-refractivity contribution in [2.45, 2.75) is 13.8 Å². The SMILES string of the molecule is Cc1cc(C)cc(NC(=O)c2cccc(F)c2Br)c1. The number of benzene rings is 2. The quantitative estimate of drug-likeness (QED) is 0.869. The molecule has 0 aliphatic heterocycles. The van der Waals surface area contributed by atoms with Crippen LogP contribution in [0.25, 0.3) is 0 Å². The zero-order chi connectivity index (χ0) is 14.0. The van der Waals surface area contributed by atoms with E-state index in [4.69, 9.17) is 0 Å².